The number of rotatable bonds is 64. The smallest absolute Gasteiger partial charge is 0.220 e. The van der Waals surface area contributed by atoms with Crippen molar-refractivity contribution < 1.29 is 15.0 Å². The number of aliphatic hydroxyl groups is 2. The monoisotopic (exact) mass is 1060 g/mol. The third-order valence-corrected chi connectivity index (χ3v) is 16.0. The van der Waals surface area contributed by atoms with Crippen molar-refractivity contribution in [3.8, 4) is 0 Å². The summed E-state index contributed by atoms with van der Waals surface area (Å²) in [5, 5.41) is 23.3. The number of carbonyl (C=O) groups excluding carboxylic acids is 1. The number of carbonyl (C=O) groups is 1. The molecule has 76 heavy (non-hydrogen) atoms. The molecule has 4 nitrogen and oxygen atoms in total. The summed E-state index contributed by atoms with van der Waals surface area (Å²) in [6.07, 6.45) is 95.9. The van der Waals surface area contributed by atoms with Crippen molar-refractivity contribution in [1.82, 2.24) is 5.32 Å². The van der Waals surface area contributed by atoms with E-state index in [9.17, 15) is 15.0 Å². The highest BCUT2D eigenvalue weighted by atomic mass is 16.3. The molecule has 2 unspecified atom stereocenters. The first-order valence-electron chi connectivity index (χ1n) is 34.5. The maximum absolute atomic E-state index is 12.5. The Labute approximate surface area is 477 Å². The van der Waals surface area contributed by atoms with Crippen LogP contribution >= 0.6 is 0 Å². The first-order valence-corrected chi connectivity index (χ1v) is 34.5. The standard InChI is InChI=1S/C72H135NO3/c1-3-5-7-9-11-13-15-17-19-21-23-25-27-29-31-33-35-36-38-39-41-43-45-47-49-51-53-55-57-59-61-63-65-67-71(75)70(69-74)73-72(76)68-66-64-62-60-58-56-54-52-50-48-46-44-42-40-37-34-32-30-28-26-24-22-20-18-16-14-12-10-8-6-4-2/h16,18,22,24,28,30,57,59,65,67,70-71,74-75H,3-15,17,19-21,23,25-27,29,31-56,58,60-64,66,68-69H2,1-2H3,(H,73,76)/b18-16-,24-22-,30-28-,59-57+,67-65+. The van der Waals surface area contributed by atoms with E-state index in [1.54, 1.807) is 6.08 Å². The van der Waals surface area contributed by atoms with E-state index in [1.807, 2.05) is 6.08 Å². The summed E-state index contributed by atoms with van der Waals surface area (Å²) in [6.45, 7) is 4.32. The van der Waals surface area contributed by atoms with Crippen LogP contribution in [0.5, 0.6) is 0 Å². The van der Waals surface area contributed by atoms with Crippen molar-refractivity contribution >= 4 is 5.91 Å². The molecule has 0 aliphatic heterocycles. The molecule has 0 aromatic rings. The SMILES string of the molecule is CCCCCCC/C=C\C/C=C\C/C=C\CCCCCCCCCCCCCCCCCCC(=O)NC(CO)C(O)/C=C/CC/C=C/CCCCCCCCCCCCCCCCCCCCCCCCCCCCC. The Kier molecular flexibility index (Phi) is 65.7. The first kappa shape index (κ1) is 74.1. The van der Waals surface area contributed by atoms with Crippen LogP contribution in [-0.4, -0.2) is 34.9 Å². The van der Waals surface area contributed by atoms with Crippen molar-refractivity contribution in [1.29, 1.82) is 0 Å². The van der Waals surface area contributed by atoms with E-state index < -0.39 is 12.1 Å². The molecular weight excluding hydrogens is 927 g/mol. The number of allylic oxidation sites excluding steroid dienone is 9. The fraction of sp³-hybridized carbons (Fsp3) is 0.847. The second-order valence-corrected chi connectivity index (χ2v) is 23.6. The maximum atomic E-state index is 12.5. The van der Waals surface area contributed by atoms with Crippen LogP contribution in [0.25, 0.3) is 0 Å². The second kappa shape index (κ2) is 67.4. The minimum atomic E-state index is -0.866. The average molecular weight is 1060 g/mol. The van der Waals surface area contributed by atoms with Gasteiger partial charge in [0.2, 0.25) is 5.91 Å². The Bertz CT molecular complexity index is 1250. The molecule has 1 amide bonds. The van der Waals surface area contributed by atoms with Gasteiger partial charge in [0.1, 0.15) is 0 Å². The summed E-state index contributed by atoms with van der Waals surface area (Å²) >= 11 is 0. The van der Waals surface area contributed by atoms with E-state index in [0.717, 1.165) is 44.9 Å². The molecule has 0 heterocycles. The van der Waals surface area contributed by atoms with Gasteiger partial charge in [-0.3, -0.25) is 4.79 Å². The van der Waals surface area contributed by atoms with E-state index in [1.165, 1.54) is 308 Å². The largest absolute Gasteiger partial charge is 0.394 e. The van der Waals surface area contributed by atoms with E-state index in [-0.39, 0.29) is 12.5 Å². The highest BCUT2D eigenvalue weighted by Crippen LogP contribution is 2.18. The number of hydrogen-bond acceptors (Lipinski definition) is 3. The lowest BCUT2D eigenvalue weighted by Crippen LogP contribution is -2.45. The zero-order chi connectivity index (χ0) is 54.8. The van der Waals surface area contributed by atoms with Crippen LogP contribution in [0.2, 0.25) is 0 Å². The fourth-order valence-electron chi connectivity index (χ4n) is 10.7. The van der Waals surface area contributed by atoms with E-state index in [4.69, 9.17) is 0 Å². The highest BCUT2D eigenvalue weighted by Gasteiger charge is 2.18. The van der Waals surface area contributed by atoms with Crippen LogP contribution in [0.15, 0.2) is 60.8 Å². The Hall–Kier alpha value is -1.91. The summed E-state index contributed by atoms with van der Waals surface area (Å²) in [6, 6.07) is -0.643. The number of aliphatic hydroxyl groups excluding tert-OH is 2. The Morgan fingerprint density at radius 2 is 0.553 bits per heavy atom. The first-order chi connectivity index (χ1) is 37.7. The summed E-state index contributed by atoms with van der Waals surface area (Å²) in [7, 11) is 0. The van der Waals surface area contributed by atoms with Crippen molar-refractivity contribution in [3.63, 3.8) is 0 Å². The van der Waals surface area contributed by atoms with Crippen molar-refractivity contribution in [2.75, 3.05) is 6.61 Å². The molecule has 0 aliphatic rings. The van der Waals surface area contributed by atoms with Gasteiger partial charge >= 0.3 is 0 Å². The average Bonchev–Trinajstić information content (AvgIpc) is 3.42. The van der Waals surface area contributed by atoms with E-state index in [0.29, 0.717) is 6.42 Å². The van der Waals surface area contributed by atoms with Crippen molar-refractivity contribution in [3.05, 3.63) is 60.8 Å². The predicted molar refractivity (Wildman–Crippen MR) is 341 cm³/mol. The molecular formula is C72H135NO3. The summed E-state index contributed by atoms with van der Waals surface area (Å²) in [5.74, 6) is -0.0695. The lowest BCUT2D eigenvalue weighted by molar-refractivity contribution is -0.123. The molecule has 0 saturated carbocycles. The van der Waals surface area contributed by atoms with Gasteiger partial charge in [-0.05, 0) is 70.6 Å². The van der Waals surface area contributed by atoms with Gasteiger partial charge in [0.15, 0.2) is 0 Å². The molecule has 0 radical (unpaired) electrons. The number of unbranched alkanes of at least 4 members (excludes halogenated alkanes) is 49. The fourth-order valence-corrected chi connectivity index (χ4v) is 10.7. The quantitative estimate of drug-likeness (QED) is 0.0420. The van der Waals surface area contributed by atoms with Gasteiger partial charge in [-0.1, -0.05) is 357 Å². The predicted octanol–water partition coefficient (Wildman–Crippen LogP) is 23.5. The molecule has 0 aromatic carbocycles. The Balaban J connectivity index is 3.47. The molecule has 0 rings (SSSR count). The molecule has 2 atom stereocenters. The van der Waals surface area contributed by atoms with Crippen LogP contribution < -0.4 is 5.32 Å². The van der Waals surface area contributed by atoms with Gasteiger partial charge in [-0.25, -0.2) is 0 Å². The third-order valence-electron chi connectivity index (χ3n) is 16.0. The van der Waals surface area contributed by atoms with E-state index in [2.05, 4.69) is 67.8 Å². The minimum Gasteiger partial charge on any atom is -0.394 e. The Morgan fingerprint density at radius 3 is 0.855 bits per heavy atom. The number of nitrogens with one attached hydrogen (secondary N) is 1. The molecule has 0 aromatic heterocycles. The zero-order valence-corrected chi connectivity index (χ0v) is 51.5. The van der Waals surface area contributed by atoms with Crippen LogP contribution in [-0.2, 0) is 4.79 Å². The van der Waals surface area contributed by atoms with Gasteiger partial charge in [0.25, 0.3) is 0 Å². The van der Waals surface area contributed by atoms with Gasteiger partial charge in [0.05, 0.1) is 18.8 Å². The normalized spacial score (nSPS) is 13.1. The summed E-state index contributed by atoms with van der Waals surface area (Å²) < 4.78 is 0. The summed E-state index contributed by atoms with van der Waals surface area (Å²) in [4.78, 5) is 12.5. The van der Waals surface area contributed by atoms with Crippen LogP contribution in [0.3, 0.4) is 0 Å². The molecule has 446 valence electrons. The number of amides is 1. The minimum absolute atomic E-state index is 0.0695. The van der Waals surface area contributed by atoms with Gasteiger partial charge in [-0.2, -0.15) is 0 Å². The molecule has 0 saturated heterocycles. The van der Waals surface area contributed by atoms with Crippen LogP contribution in [0.4, 0.5) is 0 Å². The van der Waals surface area contributed by atoms with Gasteiger partial charge < -0.3 is 15.5 Å². The van der Waals surface area contributed by atoms with Crippen molar-refractivity contribution in [2.45, 2.75) is 386 Å². The lowest BCUT2D eigenvalue weighted by atomic mass is 10.0. The molecule has 0 spiro atoms. The lowest BCUT2D eigenvalue weighted by Gasteiger charge is -2.19. The molecule has 0 aliphatic carbocycles. The third kappa shape index (κ3) is 62.9. The second-order valence-electron chi connectivity index (χ2n) is 23.6. The topological polar surface area (TPSA) is 69.6 Å². The molecule has 0 fully saturated rings. The van der Waals surface area contributed by atoms with Gasteiger partial charge in [-0.15, -0.1) is 0 Å². The maximum Gasteiger partial charge on any atom is 0.220 e. The summed E-state index contributed by atoms with van der Waals surface area (Å²) in [5.41, 5.74) is 0. The molecule has 3 N–H and O–H groups in total. The van der Waals surface area contributed by atoms with Gasteiger partial charge in [0, 0.05) is 6.42 Å². The molecule has 0 bridgehead atoms. The van der Waals surface area contributed by atoms with E-state index >= 15 is 0 Å². The zero-order valence-electron chi connectivity index (χ0n) is 51.5. The van der Waals surface area contributed by atoms with Crippen LogP contribution in [0, 0.1) is 0 Å². The molecule has 4 heteroatoms. The Morgan fingerprint density at radius 1 is 0.316 bits per heavy atom. The number of hydrogen-bond donors (Lipinski definition) is 3. The van der Waals surface area contributed by atoms with Crippen molar-refractivity contribution in [2.24, 2.45) is 0 Å². The van der Waals surface area contributed by atoms with Crippen LogP contribution in [0.1, 0.15) is 373 Å². The highest BCUT2D eigenvalue weighted by molar-refractivity contribution is 5.76.